The Bertz CT molecular complexity index is 638. The summed E-state index contributed by atoms with van der Waals surface area (Å²) in [6.07, 6.45) is 9.25. The van der Waals surface area contributed by atoms with E-state index in [1.165, 1.54) is 0 Å². The third-order valence-electron chi connectivity index (χ3n) is 6.22. The molecule has 2 atom stereocenters. The number of nitrogens with zero attached hydrogens (tertiary/aromatic N) is 5. The Labute approximate surface area is 160 Å². The van der Waals surface area contributed by atoms with Crippen LogP contribution in [0.2, 0.25) is 0 Å². The van der Waals surface area contributed by atoms with Gasteiger partial charge in [0.15, 0.2) is 0 Å². The molecule has 146 valence electrons. The zero-order valence-corrected chi connectivity index (χ0v) is 15.9. The van der Waals surface area contributed by atoms with Crippen LogP contribution in [-0.4, -0.2) is 70.9 Å². The second-order valence-electron chi connectivity index (χ2n) is 7.97. The number of fused-ring (bicyclic) bond motifs is 2. The number of piperazine rings is 1. The van der Waals surface area contributed by atoms with E-state index < -0.39 is 0 Å². The minimum atomic E-state index is 0.0902. The molecular weight excluding hydrogens is 342 g/mol. The van der Waals surface area contributed by atoms with Gasteiger partial charge in [0.05, 0.1) is 0 Å². The predicted molar refractivity (Wildman–Crippen MR) is 102 cm³/mol. The molecule has 2 unspecified atom stereocenters. The van der Waals surface area contributed by atoms with E-state index in [0.29, 0.717) is 6.54 Å². The molecule has 4 rings (SSSR count). The number of likely N-dealkylation sites (tertiary alicyclic amines) is 1. The summed E-state index contributed by atoms with van der Waals surface area (Å²) in [6, 6.07) is 1.84. The molecule has 3 aliphatic rings. The van der Waals surface area contributed by atoms with Gasteiger partial charge in [0.1, 0.15) is 0 Å². The molecule has 1 saturated carbocycles. The Kier molecular flexibility index (Phi) is 5.66. The number of carbonyl (C=O) groups excluding carboxylic acids is 2. The number of hydrogen-bond donors (Lipinski definition) is 0. The van der Waals surface area contributed by atoms with Crippen molar-refractivity contribution in [2.24, 2.45) is 11.8 Å². The van der Waals surface area contributed by atoms with Crippen molar-refractivity contribution < 1.29 is 9.59 Å². The summed E-state index contributed by atoms with van der Waals surface area (Å²) in [5.41, 5.74) is 0. The molecule has 1 aromatic rings. The van der Waals surface area contributed by atoms with Crippen LogP contribution in [0.25, 0.3) is 0 Å². The minimum absolute atomic E-state index is 0.0902. The Morgan fingerprint density at radius 1 is 0.889 bits per heavy atom. The summed E-state index contributed by atoms with van der Waals surface area (Å²) in [6.45, 7) is 5.51. The molecule has 0 N–H and O–H groups in total. The Morgan fingerprint density at radius 2 is 1.52 bits per heavy atom. The van der Waals surface area contributed by atoms with Crippen LogP contribution in [0.5, 0.6) is 0 Å². The molecule has 0 aromatic carbocycles. The van der Waals surface area contributed by atoms with Gasteiger partial charge in [-0.2, -0.15) is 0 Å². The summed E-state index contributed by atoms with van der Waals surface area (Å²) in [5, 5.41) is 0. The van der Waals surface area contributed by atoms with E-state index in [9.17, 15) is 9.59 Å². The highest BCUT2D eigenvalue weighted by Crippen LogP contribution is 2.36. The maximum absolute atomic E-state index is 12.5. The third kappa shape index (κ3) is 4.13. The number of piperidine rings is 1. The van der Waals surface area contributed by atoms with E-state index in [0.717, 1.165) is 77.2 Å². The molecule has 2 saturated heterocycles. The number of imide groups is 1. The fourth-order valence-corrected chi connectivity index (χ4v) is 4.64. The van der Waals surface area contributed by atoms with Crippen LogP contribution < -0.4 is 4.90 Å². The second kappa shape index (κ2) is 8.33. The molecule has 0 spiro atoms. The Hall–Kier alpha value is -2.02. The number of amides is 2. The number of aromatic nitrogens is 2. The normalized spacial score (nSPS) is 26.5. The molecule has 7 nitrogen and oxygen atoms in total. The summed E-state index contributed by atoms with van der Waals surface area (Å²) < 4.78 is 0. The second-order valence-corrected chi connectivity index (χ2v) is 7.97. The first-order valence-electron chi connectivity index (χ1n) is 10.3. The summed E-state index contributed by atoms with van der Waals surface area (Å²) in [5.74, 6) is 1.20. The molecule has 3 fully saturated rings. The van der Waals surface area contributed by atoms with E-state index in [4.69, 9.17) is 0 Å². The van der Waals surface area contributed by atoms with Crippen LogP contribution >= 0.6 is 0 Å². The van der Waals surface area contributed by atoms with Crippen molar-refractivity contribution in [2.75, 3.05) is 44.2 Å². The monoisotopic (exact) mass is 371 g/mol. The number of unbranched alkanes of at least 4 members (excludes halogenated alkanes) is 1. The van der Waals surface area contributed by atoms with Crippen molar-refractivity contribution in [2.45, 2.75) is 38.5 Å². The number of carbonyl (C=O) groups is 2. The molecule has 1 aromatic heterocycles. The average Bonchev–Trinajstić information content (AvgIpc) is 2.73. The highest BCUT2D eigenvalue weighted by Gasteiger charge is 2.42. The van der Waals surface area contributed by atoms with Crippen molar-refractivity contribution in [3.8, 4) is 0 Å². The van der Waals surface area contributed by atoms with Gasteiger partial charge in [-0.05, 0) is 44.7 Å². The SMILES string of the molecule is O=C1C2CCCC(C2)C(=O)N1CCCCN1CCN(c2ncccn2)CC1. The van der Waals surface area contributed by atoms with Gasteiger partial charge < -0.3 is 4.90 Å². The van der Waals surface area contributed by atoms with Crippen LogP contribution in [0.15, 0.2) is 18.5 Å². The van der Waals surface area contributed by atoms with Gasteiger partial charge in [0.25, 0.3) is 0 Å². The smallest absolute Gasteiger partial charge is 0.232 e. The van der Waals surface area contributed by atoms with E-state index in [-0.39, 0.29) is 23.7 Å². The lowest BCUT2D eigenvalue weighted by Gasteiger charge is -2.39. The molecule has 1 aliphatic carbocycles. The first-order chi connectivity index (χ1) is 13.2. The van der Waals surface area contributed by atoms with Gasteiger partial charge in [-0.25, -0.2) is 9.97 Å². The average molecular weight is 371 g/mol. The van der Waals surface area contributed by atoms with Crippen LogP contribution in [0.4, 0.5) is 5.95 Å². The van der Waals surface area contributed by atoms with E-state index in [2.05, 4.69) is 19.8 Å². The predicted octanol–water partition coefficient (Wildman–Crippen LogP) is 1.55. The summed E-state index contributed by atoms with van der Waals surface area (Å²) in [4.78, 5) is 39.9. The fourth-order valence-electron chi connectivity index (χ4n) is 4.64. The largest absolute Gasteiger partial charge is 0.338 e. The van der Waals surface area contributed by atoms with Crippen molar-refractivity contribution >= 4 is 17.8 Å². The standard InChI is InChI=1S/C20H29N5O2/c26-18-16-5-3-6-17(15-16)19(27)25(18)10-2-1-9-23-11-13-24(14-12-23)20-21-7-4-8-22-20/h4,7-8,16-17H,1-3,5-6,9-15H2. The summed E-state index contributed by atoms with van der Waals surface area (Å²) >= 11 is 0. The number of hydrogen-bond acceptors (Lipinski definition) is 6. The zero-order valence-electron chi connectivity index (χ0n) is 15.9. The number of anilines is 1. The van der Waals surface area contributed by atoms with Crippen LogP contribution in [0.1, 0.15) is 38.5 Å². The highest BCUT2D eigenvalue weighted by atomic mass is 16.2. The van der Waals surface area contributed by atoms with Gasteiger partial charge in [0, 0.05) is 57.0 Å². The fraction of sp³-hybridized carbons (Fsp3) is 0.700. The first-order valence-corrected chi connectivity index (χ1v) is 10.3. The van der Waals surface area contributed by atoms with Gasteiger partial charge in [0.2, 0.25) is 17.8 Å². The van der Waals surface area contributed by atoms with Crippen LogP contribution in [0.3, 0.4) is 0 Å². The van der Waals surface area contributed by atoms with Gasteiger partial charge >= 0.3 is 0 Å². The molecule has 7 heteroatoms. The molecule has 0 radical (unpaired) electrons. The third-order valence-corrected chi connectivity index (χ3v) is 6.22. The molecule has 27 heavy (non-hydrogen) atoms. The van der Waals surface area contributed by atoms with Crippen LogP contribution in [0, 0.1) is 11.8 Å². The van der Waals surface area contributed by atoms with E-state index in [1.54, 1.807) is 17.3 Å². The lowest BCUT2D eigenvalue weighted by molar-refractivity contribution is -0.158. The lowest BCUT2D eigenvalue weighted by atomic mass is 9.77. The maximum Gasteiger partial charge on any atom is 0.232 e. The molecule has 2 aliphatic heterocycles. The van der Waals surface area contributed by atoms with E-state index >= 15 is 0 Å². The number of rotatable bonds is 6. The Balaban J connectivity index is 1.18. The first kappa shape index (κ1) is 18.3. The molecular formula is C20H29N5O2. The van der Waals surface area contributed by atoms with E-state index in [1.807, 2.05) is 6.07 Å². The quantitative estimate of drug-likeness (QED) is 0.558. The van der Waals surface area contributed by atoms with Crippen LogP contribution in [-0.2, 0) is 9.59 Å². The Morgan fingerprint density at radius 3 is 2.19 bits per heavy atom. The summed E-state index contributed by atoms with van der Waals surface area (Å²) in [7, 11) is 0. The molecule has 3 heterocycles. The van der Waals surface area contributed by atoms with Crippen molar-refractivity contribution in [1.29, 1.82) is 0 Å². The van der Waals surface area contributed by atoms with Crippen molar-refractivity contribution in [3.63, 3.8) is 0 Å². The molecule has 2 amide bonds. The molecule has 2 bridgehead atoms. The highest BCUT2D eigenvalue weighted by molar-refractivity contribution is 6.00. The lowest BCUT2D eigenvalue weighted by Crippen LogP contribution is -2.51. The van der Waals surface area contributed by atoms with Crippen molar-refractivity contribution in [1.82, 2.24) is 19.8 Å². The van der Waals surface area contributed by atoms with Crippen molar-refractivity contribution in [3.05, 3.63) is 18.5 Å². The van der Waals surface area contributed by atoms with Gasteiger partial charge in [-0.3, -0.25) is 19.4 Å². The minimum Gasteiger partial charge on any atom is -0.338 e. The zero-order chi connectivity index (χ0) is 18.6. The topological polar surface area (TPSA) is 69.6 Å². The van der Waals surface area contributed by atoms with Gasteiger partial charge in [-0.15, -0.1) is 0 Å². The maximum atomic E-state index is 12.5. The van der Waals surface area contributed by atoms with Gasteiger partial charge in [-0.1, -0.05) is 6.42 Å².